The van der Waals surface area contributed by atoms with Gasteiger partial charge in [-0.3, -0.25) is 9.88 Å². The summed E-state index contributed by atoms with van der Waals surface area (Å²) in [6, 6.07) is 9.33. The van der Waals surface area contributed by atoms with Crippen LogP contribution in [0.2, 0.25) is 0 Å². The fraction of sp³-hybridized carbons (Fsp3) is 0.227. The number of fused-ring (bicyclic) bond motifs is 1. The number of methoxy groups -OCH3 is 1. The number of ether oxygens (including phenoxy) is 2. The minimum Gasteiger partial charge on any atom is -0.437 e. The lowest BCUT2D eigenvalue weighted by atomic mass is 10.1. The molecule has 1 unspecified atom stereocenters. The van der Waals surface area contributed by atoms with Crippen molar-refractivity contribution in [1.82, 2.24) is 9.97 Å². The number of halogens is 3. The minimum atomic E-state index is -4.52. The van der Waals surface area contributed by atoms with Crippen LogP contribution >= 0.6 is 0 Å². The Hall–Kier alpha value is -3.66. The number of pyridine rings is 2. The number of aryl methyl sites for hydroxylation is 1. The van der Waals surface area contributed by atoms with Crippen molar-refractivity contribution in [2.45, 2.75) is 25.7 Å². The van der Waals surface area contributed by atoms with Gasteiger partial charge in [-0.1, -0.05) is 6.07 Å². The number of rotatable bonds is 4. The van der Waals surface area contributed by atoms with E-state index in [1.807, 2.05) is 0 Å². The van der Waals surface area contributed by atoms with Crippen molar-refractivity contribution in [3.63, 3.8) is 0 Å². The van der Waals surface area contributed by atoms with Crippen molar-refractivity contribution in [2.75, 3.05) is 17.3 Å². The summed E-state index contributed by atoms with van der Waals surface area (Å²) >= 11 is 0. The molecule has 3 aromatic rings. The molecule has 1 N–H and O–H groups in total. The molecule has 0 saturated carbocycles. The Bertz CT molecular complexity index is 1140. The Balaban J connectivity index is 1.52. The lowest BCUT2D eigenvalue weighted by Gasteiger charge is -2.25. The van der Waals surface area contributed by atoms with Crippen molar-refractivity contribution < 1.29 is 27.4 Å². The van der Waals surface area contributed by atoms with Gasteiger partial charge < -0.3 is 14.8 Å². The molecule has 7 nitrogen and oxygen atoms in total. The first kappa shape index (κ1) is 21.6. The second-order valence-electron chi connectivity index (χ2n) is 7.11. The maximum absolute atomic E-state index is 13.2. The first-order chi connectivity index (χ1) is 15.3. The van der Waals surface area contributed by atoms with Crippen LogP contribution in [0.15, 0.2) is 54.9 Å². The van der Waals surface area contributed by atoms with Crippen LogP contribution in [-0.2, 0) is 17.3 Å². The van der Waals surface area contributed by atoms with Gasteiger partial charge in [-0.25, -0.2) is 9.78 Å². The summed E-state index contributed by atoms with van der Waals surface area (Å²) in [4.78, 5) is 22.4. The van der Waals surface area contributed by atoms with Crippen LogP contribution < -0.4 is 15.0 Å². The van der Waals surface area contributed by atoms with Gasteiger partial charge in [0, 0.05) is 25.8 Å². The van der Waals surface area contributed by atoms with Gasteiger partial charge in [0.05, 0.1) is 28.8 Å². The van der Waals surface area contributed by atoms with E-state index in [0.717, 1.165) is 12.1 Å². The molecule has 2 aromatic heterocycles. The lowest BCUT2D eigenvalue weighted by molar-refractivity contribution is -0.137. The number of aromatic nitrogens is 2. The van der Waals surface area contributed by atoms with Crippen molar-refractivity contribution in [1.29, 1.82) is 0 Å². The van der Waals surface area contributed by atoms with E-state index in [2.05, 4.69) is 15.3 Å². The van der Waals surface area contributed by atoms with E-state index < -0.39 is 24.0 Å². The maximum atomic E-state index is 13.2. The first-order valence-electron chi connectivity index (χ1n) is 9.65. The summed E-state index contributed by atoms with van der Waals surface area (Å²) in [5.74, 6) is 0.851. The molecule has 10 heteroatoms. The van der Waals surface area contributed by atoms with Crippen LogP contribution in [-0.4, -0.2) is 29.3 Å². The molecular weight excluding hydrogens is 425 g/mol. The average Bonchev–Trinajstić information content (AvgIpc) is 3.14. The third kappa shape index (κ3) is 4.35. The van der Waals surface area contributed by atoms with Crippen LogP contribution in [0, 0.1) is 6.92 Å². The number of anilines is 2. The van der Waals surface area contributed by atoms with E-state index in [1.165, 1.54) is 24.3 Å². The van der Waals surface area contributed by atoms with E-state index in [9.17, 15) is 18.0 Å². The Labute approximate surface area is 181 Å². The normalized spacial score (nSPS) is 15.4. The van der Waals surface area contributed by atoms with Crippen molar-refractivity contribution >= 4 is 17.4 Å². The molecule has 1 aliphatic heterocycles. The van der Waals surface area contributed by atoms with Gasteiger partial charge in [-0.2, -0.15) is 13.2 Å². The Kier molecular flexibility index (Phi) is 5.70. The molecule has 1 aromatic carbocycles. The van der Waals surface area contributed by atoms with E-state index >= 15 is 0 Å². The Morgan fingerprint density at radius 3 is 2.66 bits per heavy atom. The fourth-order valence-corrected chi connectivity index (χ4v) is 3.39. The molecule has 3 heterocycles. The van der Waals surface area contributed by atoms with Crippen molar-refractivity contribution in [3.8, 4) is 11.6 Å². The predicted molar refractivity (Wildman–Crippen MR) is 111 cm³/mol. The molecule has 1 aliphatic rings. The van der Waals surface area contributed by atoms with Gasteiger partial charge in [0.1, 0.15) is 6.23 Å². The molecule has 0 radical (unpaired) electrons. The number of carbonyl (C=O) groups excluding carboxylic acids is 1. The van der Waals surface area contributed by atoms with E-state index in [-0.39, 0.29) is 12.1 Å². The lowest BCUT2D eigenvalue weighted by Crippen LogP contribution is -2.41. The van der Waals surface area contributed by atoms with E-state index in [0.29, 0.717) is 28.6 Å². The highest BCUT2D eigenvalue weighted by molar-refractivity contribution is 6.03. The highest BCUT2D eigenvalue weighted by atomic mass is 19.4. The SMILES string of the molecule is COC1Cc2ccc(C(F)(F)F)cc2N1C(=O)Nc1ccc(Oc2cccnc2C)nc1. The van der Waals surface area contributed by atoms with Crippen LogP contribution in [0.25, 0.3) is 0 Å². The molecule has 4 rings (SSSR count). The molecule has 0 aliphatic carbocycles. The van der Waals surface area contributed by atoms with Gasteiger partial charge >= 0.3 is 12.2 Å². The summed E-state index contributed by atoms with van der Waals surface area (Å²) in [7, 11) is 1.40. The van der Waals surface area contributed by atoms with Gasteiger partial charge in [-0.15, -0.1) is 0 Å². The predicted octanol–water partition coefficient (Wildman–Crippen LogP) is 5.16. The van der Waals surface area contributed by atoms with Gasteiger partial charge in [-0.05, 0) is 42.8 Å². The van der Waals surface area contributed by atoms with Gasteiger partial charge in [0.25, 0.3) is 0 Å². The molecule has 0 bridgehead atoms. The fourth-order valence-electron chi connectivity index (χ4n) is 3.39. The second kappa shape index (κ2) is 8.46. The molecule has 0 fully saturated rings. The zero-order valence-corrected chi connectivity index (χ0v) is 17.2. The number of hydrogen-bond donors (Lipinski definition) is 1. The first-order valence-corrected chi connectivity index (χ1v) is 9.65. The monoisotopic (exact) mass is 444 g/mol. The van der Waals surface area contributed by atoms with Crippen LogP contribution in [0.5, 0.6) is 11.6 Å². The number of carbonyl (C=O) groups is 1. The summed E-state index contributed by atoms with van der Waals surface area (Å²) in [6.45, 7) is 1.80. The summed E-state index contributed by atoms with van der Waals surface area (Å²) < 4.78 is 50.5. The van der Waals surface area contributed by atoms with Crippen molar-refractivity contribution in [2.24, 2.45) is 0 Å². The number of nitrogens with one attached hydrogen (secondary N) is 1. The number of amides is 2. The van der Waals surface area contributed by atoms with Crippen LogP contribution in [0.4, 0.5) is 29.3 Å². The van der Waals surface area contributed by atoms with Crippen molar-refractivity contribution in [3.05, 3.63) is 71.7 Å². The second-order valence-corrected chi connectivity index (χ2v) is 7.11. The quantitative estimate of drug-likeness (QED) is 0.601. The zero-order valence-electron chi connectivity index (χ0n) is 17.2. The topological polar surface area (TPSA) is 76.6 Å². The number of hydrogen-bond acceptors (Lipinski definition) is 5. The molecule has 0 saturated heterocycles. The average molecular weight is 444 g/mol. The summed E-state index contributed by atoms with van der Waals surface area (Å²) in [5.41, 5.74) is 0.960. The zero-order chi connectivity index (χ0) is 22.9. The molecule has 2 amide bonds. The standard InChI is InChI=1S/C22H19F3N4O3/c1-13-18(4-3-9-26-13)32-19-8-7-16(12-27-19)28-21(30)29-17-11-15(22(23,24)25)6-5-14(17)10-20(29)31-2/h3-9,11-12,20H,10H2,1-2H3,(H,28,30). The number of benzene rings is 1. The highest BCUT2D eigenvalue weighted by Crippen LogP contribution is 2.38. The summed E-state index contributed by atoms with van der Waals surface area (Å²) in [5, 5.41) is 2.65. The maximum Gasteiger partial charge on any atom is 0.416 e. The van der Waals surface area contributed by atoms with Gasteiger partial charge in [0.2, 0.25) is 5.88 Å². The molecular formula is C22H19F3N4O3. The largest absolute Gasteiger partial charge is 0.437 e. The van der Waals surface area contributed by atoms with E-state index in [1.54, 1.807) is 37.4 Å². The number of urea groups is 1. The smallest absolute Gasteiger partial charge is 0.416 e. The Morgan fingerprint density at radius 2 is 2.00 bits per heavy atom. The van der Waals surface area contributed by atoms with Crippen LogP contribution in [0.3, 0.4) is 0 Å². The third-order valence-corrected chi connectivity index (χ3v) is 5.01. The number of alkyl halides is 3. The van der Waals surface area contributed by atoms with Gasteiger partial charge in [0.15, 0.2) is 5.75 Å². The third-order valence-electron chi connectivity index (χ3n) is 5.01. The minimum absolute atomic E-state index is 0.157. The molecule has 0 spiro atoms. The highest BCUT2D eigenvalue weighted by Gasteiger charge is 2.38. The Morgan fingerprint density at radius 1 is 1.19 bits per heavy atom. The van der Waals surface area contributed by atoms with Crippen LogP contribution in [0.1, 0.15) is 16.8 Å². The van der Waals surface area contributed by atoms with E-state index in [4.69, 9.17) is 9.47 Å². The molecule has 166 valence electrons. The summed E-state index contributed by atoms with van der Waals surface area (Å²) in [6.07, 6.45) is -1.92. The number of nitrogens with zero attached hydrogens (tertiary/aromatic N) is 3. The molecule has 32 heavy (non-hydrogen) atoms. The molecule has 1 atom stereocenters.